The lowest BCUT2D eigenvalue weighted by molar-refractivity contribution is -0.137. The van der Waals surface area contributed by atoms with Gasteiger partial charge in [-0.05, 0) is 123 Å². The van der Waals surface area contributed by atoms with E-state index in [1.54, 1.807) is 12.1 Å². The van der Waals surface area contributed by atoms with E-state index < -0.39 is 17.2 Å². The van der Waals surface area contributed by atoms with Crippen molar-refractivity contribution in [2.24, 2.45) is 0 Å². The Morgan fingerprint density at radius 2 is 1.05 bits per heavy atom. The van der Waals surface area contributed by atoms with Crippen molar-refractivity contribution in [3.8, 4) is 11.1 Å². The predicted molar refractivity (Wildman–Crippen MR) is 259 cm³/mol. The normalized spacial score (nSPS) is 13.6. The highest BCUT2D eigenvalue weighted by atomic mass is 19.4. The van der Waals surface area contributed by atoms with Crippen molar-refractivity contribution >= 4 is 77.6 Å². The van der Waals surface area contributed by atoms with Gasteiger partial charge in [0.2, 0.25) is 0 Å². The molecule has 1 aliphatic carbocycles. The molecule has 0 saturated heterocycles. The maximum Gasteiger partial charge on any atom is 0.416 e. The minimum absolute atomic E-state index is 0.572. The van der Waals surface area contributed by atoms with Gasteiger partial charge in [0.25, 0.3) is 0 Å². The Labute approximate surface area is 372 Å². The first kappa shape index (κ1) is 37.5. The highest BCUT2D eigenvalue weighted by Crippen LogP contribution is 2.66. The highest BCUT2D eigenvalue weighted by molar-refractivity contribution is 6.18. The van der Waals surface area contributed by atoms with Gasteiger partial charge in [0.1, 0.15) is 5.58 Å². The van der Waals surface area contributed by atoms with Crippen LogP contribution in [-0.2, 0) is 11.6 Å². The van der Waals surface area contributed by atoms with E-state index in [1.165, 1.54) is 23.3 Å². The van der Waals surface area contributed by atoms with E-state index >= 15 is 0 Å². The number of nitrogens with zero attached hydrogens (tertiary/aromatic N) is 2. The van der Waals surface area contributed by atoms with Crippen molar-refractivity contribution in [1.82, 2.24) is 0 Å². The van der Waals surface area contributed by atoms with Crippen molar-refractivity contribution in [2.75, 3.05) is 9.80 Å². The fraction of sp³-hybridized carbons (Fsp3) is 0.0508. The molecule has 0 N–H and O–H groups in total. The second kappa shape index (κ2) is 13.7. The fourth-order valence-electron chi connectivity index (χ4n) is 11.1. The molecule has 0 atom stereocenters. The molecule has 3 nitrogen and oxygen atoms in total. The largest absolute Gasteiger partial charge is 0.454 e. The van der Waals surface area contributed by atoms with Gasteiger partial charge < -0.3 is 14.2 Å². The summed E-state index contributed by atoms with van der Waals surface area (Å²) in [5.74, 6) is 0. The molecular formula is C59H37F3N2O. The molecule has 1 aliphatic heterocycles. The van der Waals surface area contributed by atoms with Crippen LogP contribution < -0.4 is 9.80 Å². The second-order valence-corrected chi connectivity index (χ2v) is 17.1. The summed E-state index contributed by atoms with van der Waals surface area (Å²) in [6, 6.07) is 69.7. The monoisotopic (exact) mass is 846 g/mol. The number of hydrogen-bond acceptors (Lipinski definition) is 3. The van der Waals surface area contributed by atoms with Gasteiger partial charge >= 0.3 is 6.18 Å². The fourth-order valence-corrected chi connectivity index (χ4v) is 11.1. The minimum Gasteiger partial charge on any atom is -0.454 e. The van der Waals surface area contributed by atoms with E-state index in [-0.39, 0.29) is 0 Å². The molecule has 0 radical (unpaired) electrons. The molecule has 2 heterocycles. The van der Waals surface area contributed by atoms with E-state index in [0.717, 1.165) is 94.2 Å². The zero-order chi connectivity index (χ0) is 43.6. The summed E-state index contributed by atoms with van der Waals surface area (Å²) in [5, 5.41) is 6.20. The van der Waals surface area contributed by atoms with Gasteiger partial charge in [-0.15, -0.1) is 0 Å². The topological polar surface area (TPSA) is 19.6 Å². The number of alkyl halides is 3. The molecule has 1 aromatic heterocycles. The Hall–Kier alpha value is -8.09. The Balaban J connectivity index is 1.20. The zero-order valence-electron chi connectivity index (χ0n) is 35.1. The number of rotatable bonds is 4. The number of aryl methyl sites for hydroxylation is 1. The lowest BCUT2D eigenvalue weighted by Crippen LogP contribution is -2.36. The first-order chi connectivity index (χ1) is 31.8. The van der Waals surface area contributed by atoms with Crippen molar-refractivity contribution in [3.63, 3.8) is 0 Å². The van der Waals surface area contributed by atoms with Crippen molar-refractivity contribution in [2.45, 2.75) is 18.5 Å². The molecule has 0 amide bonds. The third kappa shape index (κ3) is 5.19. The molecule has 10 aromatic carbocycles. The summed E-state index contributed by atoms with van der Waals surface area (Å²) in [5.41, 5.74) is 13.1. The minimum atomic E-state index is -4.50. The lowest BCUT2D eigenvalue weighted by atomic mass is 9.64. The molecule has 0 bridgehead atoms. The Morgan fingerprint density at radius 3 is 1.77 bits per heavy atom. The summed E-state index contributed by atoms with van der Waals surface area (Å²) in [6.45, 7) is 2.03. The van der Waals surface area contributed by atoms with Crippen molar-refractivity contribution < 1.29 is 17.6 Å². The average molecular weight is 847 g/mol. The van der Waals surface area contributed by atoms with Gasteiger partial charge in [0.05, 0.1) is 33.7 Å². The lowest BCUT2D eigenvalue weighted by Gasteiger charge is -2.45. The molecule has 0 unspecified atom stereocenters. The number of benzene rings is 10. The Kier molecular flexibility index (Phi) is 7.90. The summed E-state index contributed by atoms with van der Waals surface area (Å²) in [7, 11) is 0. The van der Waals surface area contributed by atoms with Gasteiger partial charge in [0, 0.05) is 27.5 Å². The third-order valence-corrected chi connectivity index (χ3v) is 13.8. The molecule has 11 aromatic rings. The van der Waals surface area contributed by atoms with Crippen LogP contribution in [0.5, 0.6) is 0 Å². The Morgan fingerprint density at radius 1 is 0.462 bits per heavy atom. The van der Waals surface area contributed by atoms with Crippen molar-refractivity contribution in [1.29, 1.82) is 0 Å². The number of anilines is 6. The first-order valence-corrected chi connectivity index (χ1v) is 21.8. The van der Waals surface area contributed by atoms with Gasteiger partial charge in [0.15, 0.2) is 5.58 Å². The van der Waals surface area contributed by atoms with E-state index in [0.29, 0.717) is 11.3 Å². The number of hydrogen-bond donors (Lipinski definition) is 0. The average Bonchev–Trinajstić information content (AvgIpc) is 3.88. The SMILES string of the molecule is Cc1cccc2c1oc1c(N(c3ccc(C(F)(F)F)cc3)c3cc4c(c5ccccc35)-c3c(ccc5ccccc35)C43c4ccccc4N(c4ccccc4)c4ccccc43)cccc12. The summed E-state index contributed by atoms with van der Waals surface area (Å²) < 4.78 is 49.7. The third-order valence-electron chi connectivity index (χ3n) is 13.8. The molecule has 0 fully saturated rings. The van der Waals surface area contributed by atoms with Gasteiger partial charge in [-0.3, -0.25) is 0 Å². The second-order valence-electron chi connectivity index (χ2n) is 17.1. The molecule has 1 spiro atoms. The van der Waals surface area contributed by atoms with Crippen LogP contribution in [0.1, 0.15) is 33.4 Å². The molecular weight excluding hydrogens is 810 g/mol. The number of fused-ring (bicyclic) bond motifs is 16. The molecule has 310 valence electrons. The predicted octanol–water partition coefficient (Wildman–Crippen LogP) is 16.8. The smallest absolute Gasteiger partial charge is 0.416 e. The molecule has 6 heteroatoms. The van der Waals surface area contributed by atoms with Gasteiger partial charge in [-0.25, -0.2) is 0 Å². The first-order valence-electron chi connectivity index (χ1n) is 21.8. The van der Waals surface area contributed by atoms with E-state index in [2.05, 4.69) is 155 Å². The van der Waals surface area contributed by atoms with Crippen LogP contribution in [0.4, 0.5) is 47.3 Å². The van der Waals surface area contributed by atoms with Gasteiger partial charge in [-0.1, -0.05) is 146 Å². The van der Waals surface area contributed by atoms with Crippen LogP contribution in [-0.4, -0.2) is 0 Å². The molecule has 65 heavy (non-hydrogen) atoms. The van der Waals surface area contributed by atoms with Crippen LogP contribution in [0.3, 0.4) is 0 Å². The van der Waals surface area contributed by atoms with Crippen LogP contribution in [0.2, 0.25) is 0 Å². The van der Waals surface area contributed by atoms with E-state index in [4.69, 9.17) is 4.42 Å². The molecule has 2 aliphatic rings. The van der Waals surface area contributed by atoms with Crippen LogP contribution in [0.25, 0.3) is 54.6 Å². The summed E-state index contributed by atoms with van der Waals surface area (Å²) in [4.78, 5) is 4.48. The van der Waals surface area contributed by atoms with Crippen LogP contribution in [0.15, 0.2) is 211 Å². The molecule has 0 saturated carbocycles. The number of furan rings is 1. The Bertz CT molecular complexity index is 3690. The zero-order valence-corrected chi connectivity index (χ0v) is 35.1. The number of para-hydroxylation sites is 5. The maximum absolute atomic E-state index is 14.3. The number of halogens is 3. The van der Waals surface area contributed by atoms with Crippen LogP contribution >= 0.6 is 0 Å². The van der Waals surface area contributed by atoms with E-state index in [1.807, 2.05) is 43.3 Å². The highest BCUT2D eigenvalue weighted by Gasteiger charge is 2.53. The van der Waals surface area contributed by atoms with Gasteiger partial charge in [-0.2, -0.15) is 13.2 Å². The quantitative estimate of drug-likeness (QED) is 0.176. The standard InChI is InChI=1S/C59H37F3N2O/c1-36-15-13-22-44-45-23-14-28-52(57(45)65-56(36)44)64(40-32-30-38(31-33-40)59(60,61)62)53-35-49-55(43-21-8-7-20-42(43)53)54-41-19-6-5-16-37(41)29-34-48(54)58(49)46-24-9-11-26-50(46)63(39-17-3-2-4-18-39)51-27-12-10-25-47(51)58/h2-35H,1H3. The summed E-state index contributed by atoms with van der Waals surface area (Å²) in [6.07, 6.45) is -4.50. The summed E-state index contributed by atoms with van der Waals surface area (Å²) >= 11 is 0. The maximum atomic E-state index is 14.3. The molecule has 13 rings (SSSR count). The van der Waals surface area contributed by atoms with Crippen molar-refractivity contribution in [3.05, 3.63) is 240 Å². The van der Waals surface area contributed by atoms with Crippen LogP contribution in [0, 0.1) is 6.92 Å². The van der Waals surface area contributed by atoms with E-state index in [9.17, 15) is 13.2 Å².